The van der Waals surface area contributed by atoms with Gasteiger partial charge in [-0.15, -0.1) is 11.3 Å². The summed E-state index contributed by atoms with van der Waals surface area (Å²) in [6.45, 7) is 0.0349. The summed E-state index contributed by atoms with van der Waals surface area (Å²) < 4.78 is 15.8. The first-order chi connectivity index (χ1) is 12.6. The van der Waals surface area contributed by atoms with Crippen molar-refractivity contribution in [2.45, 2.75) is 6.54 Å². The van der Waals surface area contributed by atoms with E-state index in [1.807, 2.05) is 34.9 Å². The maximum atomic E-state index is 13.8. The van der Waals surface area contributed by atoms with Crippen molar-refractivity contribution in [2.24, 2.45) is 0 Å². The Morgan fingerprint density at radius 2 is 2.08 bits per heavy atom. The molecule has 4 nitrogen and oxygen atoms in total. The minimum Gasteiger partial charge on any atom is -0.347 e. The molecule has 3 aromatic heterocycles. The van der Waals surface area contributed by atoms with Gasteiger partial charge in [0.1, 0.15) is 11.5 Å². The van der Waals surface area contributed by atoms with Gasteiger partial charge in [-0.05, 0) is 36.4 Å². The van der Waals surface area contributed by atoms with E-state index >= 15 is 0 Å². The molecule has 0 aliphatic carbocycles. The van der Waals surface area contributed by atoms with Crippen LogP contribution in [0.4, 0.5) is 4.39 Å². The Labute approximate surface area is 157 Å². The average molecular weight is 386 g/mol. The Bertz CT molecular complexity index is 1080. The van der Waals surface area contributed by atoms with E-state index < -0.39 is 5.82 Å². The number of imidazole rings is 1. The zero-order valence-electron chi connectivity index (χ0n) is 13.4. The van der Waals surface area contributed by atoms with Crippen molar-refractivity contribution in [1.82, 2.24) is 14.7 Å². The number of hydrogen-bond donors (Lipinski definition) is 1. The first-order valence-electron chi connectivity index (χ1n) is 7.87. The Morgan fingerprint density at radius 3 is 2.92 bits per heavy atom. The monoisotopic (exact) mass is 385 g/mol. The zero-order chi connectivity index (χ0) is 18.1. The molecule has 0 bridgehead atoms. The van der Waals surface area contributed by atoms with Crippen molar-refractivity contribution in [3.8, 4) is 10.6 Å². The molecule has 4 aromatic rings. The third kappa shape index (κ3) is 3.09. The molecule has 0 saturated heterocycles. The van der Waals surface area contributed by atoms with Crippen LogP contribution in [0.1, 0.15) is 15.2 Å². The lowest BCUT2D eigenvalue weighted by Gasteiger charge is -2.07. The largest absolute Gasteiger partial charge is 0.347 e. The average Bonchev–Trinajstić information content (AvgIpc) is 3.28. The highest BCUT2D eigenvalue weighted by atomic mass is 35.5. The van der Waals surface area contributed by atoms with Gasteiger partial charge in [-0.25, -0.2) is 9.37 Å². The van der Waals surface area contributed by atoms with Crippen LogP contribution in [0.25, 0.3) is 16.2 Å². The van der Waals surface area contributed by atoms with Gasteiger partial charge in [-0.3, -0.25) is 9.20 Å². The van der Waals surface area contributed by atoms with E-state index in [0.29, 0.717) is 9.90 Å². The van der Waals surface area contributed by atoms with Crippen LogP contribution in [-0.2, 0) is 6.54 Å². The van der Waals surface area contributed by atoms with Gasteiger partial charge in [0.2, 0.25) is 0 Å². The summed E-state index contributed by atoms with van der Waals surface area (Å²) in [5, 5.41) is 3.01. The summed E-state index contributed by atoms with van der Waals surface area (Å²) in [4.78, 5) is 18.2. The maximum absolute atomic E-state index is 13.8. The van der Waals surface area contributed by atoms with Gasteiger partial charge in [0, 0.05) is 23.3 Å². The highest BCUT2D eigenvalue weighted by molar-refractivity contribution is 7.17. The predicted molar refractivity (Wildman–Crippen MR) is 101 cm³/mol. The van der Waals surface area contributed by atoms with E-state index in [-0.39, 0.29) is 18.0 Å². The summed E-state index contributed by atoms with van der Waals surface area (Å²) in [6.07, 6.45) is 3.71. The fourth-order valence-electron chi connectivity index (χ4n) is 2.67. The molecule has 1 aromatic carbocycles. The van der Waals surface area contributed by atoms with Crippen molar-refractivity contribution < 1.29 is 9.18 Å². The summed E-state index contributed by atoms with van der Waals surface area (Å²) in [7, 11) is 0. The van der Waals surface area contributed by atoms with Gasteiger partial charge < -0.3 is 5.32 Å². The molecule has 0 saturated carbocycles. The highest BCUT2D eigenvalue weighted by Crippen LogP contribution is 2.29. The van der Waals surface area contributed by atoms with Crippen LogP contribution in [0.3, 0.4) is 0 Å². The fourth-order valence-corrected chi connectivity index (χ4v) is 3.83. The second-order valence-electron chi connectivity index (χ2n) is 5.62. The van der Waals surface area contributed by atoms with Crippen LogP contribution in [0.5, 0.6) is 0 Å². The summed E-state index contributed by atoms with van der Waals surface area (Å²) >= 11 is 7.35. The van der Waals surface area contributed by atoms with E-state index in [2.05, 4.69) is 10.3 Å². The molecule has 26 heavy (non-hydrogen) atoms. The molecule has 1 amide bonds. The number of carbonyl (C=O) groups excluding carboxylic acids is 1. The lowest BCUT2D eigenvalue weighted by atomic mass is 10.2. The number of carbonyl (C=O) groups is 1. The molecule has 0 aliphatic rings. The molecule has 0 aliphatic heterocycles. The normalized spacial score (nSPS) is 11.0. The number of thiophene rings is 1. The molecule has 1 N–H and O–H groups in total. The van der Waals surface area contributed by atoms with Gasteiger partial charge in [0.05, 0.1) is 21.6 Å². The number of hydrogen-bond acceptors (Lipinski definition) is 3. The van der Waals surface area contributed by atoms with Crippen LogP contribution in [0, 0.1) is 5.82 Å². The van der Waals surface area contributed by atoms with Gasteiger partial charge in [0.25, 0.3) is 5.91 Å². The van der Waals surface area contributed by atoms with Crippen molar-refractivity contribution >= 4 is 34.5 Å². The summed E-state index contributed by atoms with van der Waals surface area (Å²) in [5.41, 5.74) is 2.04. The van der Waals surface area contributed by atoms with Gasteiger partial charge in [-0.2, -0.15) is 0 Å². The Balaban J connectivity index is 1.53. The second kappa shape index (κ2) is 6.90. The van der Waals surface area contributed by atoms with Gasteiger partial charge >= 0.3 is 0 Å². The molecular weight excluding hydrogens is 373 g/mol. The van der Waals surface area contributed by atoms with Crippen LogP contribution in [0.2, 0.25) is 5.02 Å². The third-order valence-electron chi connectivity index (χ3n) is 3.99. The topological polar surface area (TPSA) is 46.4 Å². The van der Waals surface area contributed by atoms with Crippen LogP contribution in [-0.4, -0.2) is 15.3 Å². The van der Waals surface area contributed by atoms with Crippen molar-refractivity contribution in [1.29, 1.82) is 0 Å². The minimum absolute atomic E-state index is 0.0349. The van der Waals surface area contributed by atoms with Crippen molar-refractivity contribution in [3.05, 3.63) is 82.2 Å². The SMILES string of the molecule is O=C(NCc1c(F)cccc1Cl)c1ccc(-c2cnc3ccccn23)s1. The number of halogens is 2. The molecular formula is C19H13ClFN3OS. The number of fused-ring (bicyclic) bond motifs is 1. The quantitative estimate of drug-likeness (QED) is 0.549. The molecule has 3 heterocycles. The maximum Gasteiger partial charge on any atom is 0.261 e. The first kappa shape index (κ1) is 16.8. The number of pyridine rings is 1. The molecule has 0 atom stereocenters. The number of rotatable bonds is 4. The Hall–Kier alpha value is -2.70. The number of nitrogens with one attached hydrogen (secondary N) is 1. The van der Waals surface area contributed by atoms with E-state index in [1.165, 1.54) is 23.5 Å². The smallest absolute Gasteiger partial charge is 0.261 e. The van der Waals surface area contributed by atoms with Crippen molar-refractivity contribution in [2.75, 3.05) is 0 Å². The summed E-state index contributed by atoms with van der Waals surface area (Å²) in [5.74, 6) is -0.704. The number of benzene rings is 1. The number of amides is 1. The van der Waals surface area contributed by atoms with Crippen molar-refractivity contribution in [3.63, 3.8) is 0 Å². The van der Waals surface area contributed by atoms with Gasteiger partial charge in [-0.1, -0.05) is 23.7 Å². The number of aromatic nitrogens is 2. The predicted octanol–water partition coefficient (Wildman–Crippen LogP) is 4.79. The van der Waals surface area contributed by atoms with E-state index in [0.717, 1.165) is 16.2 Å². The van der Waals surface area contributed by atoms with Crippen LogP contribution < -0.4 is 5.32 Å². The lowest BCUT2D eigenvalue weighted by molar-refractivity contribution is 0.0954. The summed E-state index contributed by atoms with van der Waals surface area (Å²) in [6, 6.07) is 13.9. The van der Waals surface area contributed by atoms with Crippen LogP contribution >= 0.6 is 22.9 Å². The molecule has 0 spiro atoms. The van der Waals surface area contributed by atoms with E-state index in [9.17, 15) is 9.18 Å². The molecule has 7 heteroatoms. The molecule has 0 unspecified atom stereocenters. The highest BCUT2D eigenvalue weighted by Gasteiger charge is 2.14. The Morgan fingerprint density at radius 1 is 1.19 bits per heavy atom. The minimum atomic E-state index is -0.435. The fraction of sp³-hybridized carbons (Fsp3) is 0.0526. The number of nitrogens with zero attached hydrogens (tertiary/aromatic N) is 2. The Kier molecular flexibility index (Phi) is 4.44. The van der Waals surface area contributed by atoms with Crippen LogP contribution in [0.15, 0.2) is 60.9 Å². The molecule has 130 valence electrons. The second-order valence-corrected chi connectivity index (χ2v) is 7.11. The molecule has 0 fully saturated rings. The third-order valence-corrected chi connectivity index (χ3v) is 5.45. The first-order valence-corrected chi connectivity index (χ1v) is 9.06. The van der Waals surface area contributed by atoms with E-state index in [1.54, 1.807) is 18.3 Å². The zero-order valence-corrected chi connectivity index (χ0v) is 15.0. The lowest BCUT2D eigenvalue weighted by Crippen LogP contribution is -2.22. The van der Waals surface area contributed by atoms with E-state index in [4.69, 9.17) is 11.6 Å². The van der Waals surface area contributed by atoms with Gasteiger partial charge in [0.15, 0.2) is 0 Å². The standard InChI is InChI=1S/C19H13ClFN3OS/c20-13-4-3-5-14(21)12(13)10-23-19(25)17-8-7-16(26-17)15-11-22-18-6-1-2-9-24(15)18/h1-9,11H,10H2,(H,23,25). The molecule has 0 radical (unpaired) electrons. The molecule has 4 rings (SSSR count).